The summed E-state index contributed by atoms with van der Waals surface area (Å²) in [7, 11) is 0. The lowest BCUT2D eigenvalue weighted by molar-refractivity contribution is -0.128. The third-order valence-corrected chi connectivity index (χ3v) is 2.59. The molecule has 0 spiro atoms. The zero-order valence-electron chi connectivity index (χ0n) is 12.0. The Morgan fingerprint density at radius 3 is 1.90 bits per heavy atom. The third-order valence-electron chi connectivity index (χ3n) is 2.59. The van der Waals surface area contributed by atoms with Crippen molar-refractivity contribution < 1.29 is 9.53 Å². The lowest BCUT2D eigenvalue weighted by atomic mass is 10.0. The normalized spacial score (nSPS) is 9.35. The summed E-state index contributed by atoms with van der Waals surface area (Å²) in [6.45, 7) is 7.69. The molecule has 0 aromatic heterocycles. The summed E-state index contributed by atoms with van der Waals surface area (Å²) in [6, 6.07) is 19.4. The molecule has 0 unspecified atom stereocenters. The number of hydrogen-bond acceptors (Lipinski definition) is 2. The highest BCUT2D eigenvalue weighted by molar-refractivity contribution is 5.83. The van der Waals surface area contributed by atoms with Gasteiger partial charge in [-0.1, -0.05) is 69.0 Å². The van der Waals surface area contributed by atoms with Crippen LogP contribution in [0, 0.1) is 0 Å². The molecule has 104 valence electrons. The standard InChI is InChI=1S/C9H8O2.C9H12/c1-2-9(10)11-8-6-4-3-5-7-8;1-8(2)9-6-4-3-5-7-9/h2-7H,1H2;3-8H,1-2H3. The maximum atomic E-state index is 10.6. The fraction of sp³-hybridized carbons (Fsp3) is 0.167. The first-order valence-corrected chi connectivity index (χ1v) is 6.57. The van der Waals surface area contributed by atoms with E-state index in [1.54, 1.807) is 24.3 Å². The van der Waals surface area contributed by atoms with Crippen LogP contribution in [-0.2, 0) is 4.79 Å². The van der Waals surface area contributed by atoms with Gasteiger partial charge in [-0.25, -0.2) is 4.79 Å². The summed E-state index contributed by atoms with van der Waals surface area (Å²) in [5, 5.41) is 0. The Hall–Kier alpha value is -2.35. The van der Waals surface area contributed by atoms with Gasteiger partial charge in [0.15, 0.2) is 0 Å². The number of hydrogen-bond donors (Lipinski definition) is 0. The molecule has 0 saturated heterocycles. The van der Waals surface area contributed by atoms with E-state index in [0.29, 0.717) is 11.7 Å². The second-order valence-corrected chi connectivity index (χ2v) is 4.50. The molecule has 2 aromatic rings. The summed E-state index contributed by atoms with van der Waals surface area (Å²) < 4.78 is 4.81. The van der Waals surface area contributed by atoms with Crippen molar-refractivity contribution in [1.82, 2.24) is 0 Å². The maximum Gasteiger partial charge on any atom is 0.335 e. The molecule has 0 saturated carbocycles. The van der Waals surface area contributed by atoms with E-state index < -0.39 is 5.97 Å². The van der Waals surface area contributed by atoms with Crippen molar-refractivity contribution in [3.63, 3.8) is 0 Å². The number of carbonyl (C=O) groups excluding carboxylic acids is 1. The highest BCUT2D eigenvalue weighted by Crippen LogP contribution is 2.11. The highest BCUT2D eigenvalue weighted by atomic mass is 16.5. The van der Waals surface area contributed by atoms with Crippen molar-refractivity contribution >= 4 is 5.97 Å². The number of rotatable bonds is 3. The van der Waals surface area contributed by atoms with E-state index in [9.17, 15) is 4.79 Å². The Bertz CT molecular complexity index is 516. The van der Waals surface area contributed by atoms with E-state index in [4.69, 9.17) is 4.74 Å². The average molecular weight is 268 g/mol. The van der Waals surface area contributed by atoms with Gasteiger partial charge < -0.3 is 4.74 Å². The second-order valence-electron chi connectivity index (χ2n) is 4.50. The van der Waals surface area contributed by atoms with Crippen LogP contribution in [0.25, 0.3) is 0 Å². The van der Waals surface area contributed by atoms with Crippen molar-refractivity contribution in [1.29, 1.82) is 0 Å². The van der Waals surface area contributed by atoms with Crippen LogP contribution in [0.5, 0.6) is 5.75 Å². The summed E-state index contributed by atoms with van der Waals surface area (Å²) in [4.78, 5) is 10.6. The average Bonchev–Trinajstić information content (AvgIpc) is 2.49. The molecular weight excluding hydrogens is 248 g/mol. The Labute approximate surface area is 120 Å². The van der Waals surface area contributed by atoms with Crippen LogP contribution in [-0.4, -0.2) is 5.97 Å². The molecule has 0 heterocycles. The zero-order chi connectivity index (χ0) is 14.8. The van der Waals surface area contributed by atoms with Crippen LogP contribution in [0.1, 0.15) is 25.3 Å². The smallest absolute Gasteiger partial charge is 0.335 e. The molecule has 0 N–H and O–H groups in total. The van der Waals surface area contributed by atoms with Gasteiger partial charge in [0.2, 0.25) is 0 Å². The first kappa shape index (κ1) is 15.7. The van der Waals surface area contributed by atoms with Crippen molar-refractivity contribution in [2.24, 2.45) is 0 Å². The van der Waals surface area contributed by atoms with Gasteiger partial charge >= 0.3 is 5.97 Å². The molecule has 0 aliphatic heterocycles. The van der Waals surface area contributed by atoms with Gasteiger partial charge in [-0.05, 0) is 23.6 Å². The van der Waals surface area contributed by atoms with Crippen molar-refractivity contribution in [3.8, 4) is 5.75 Å². The van der Waals surface area contributed by atoms with E-state index >= 15 is 0 Å². The summed E-state index contributed by atoms with van der Waals surface area (Å²) >= 11 is 0. The minimum atomic E-state index is -0.434. The van der Waals surface area contributed by atoms with E-state index in [2.05, 4.69) is 44.7 Å². The van der Waals surface area contributed by atoms with E-state index in [1.165, 1.54) is 5.56 Å². The van der Waals surface area contributed by atoms with Gasteiger partial charge in [0.1, 0.15) is 5.75 Å². The maximum absolute atomic E-state index is 10.6. The molecule has 0 fully saturated rings. The summed E-state index contributed by atoms with van der Waals surface area (Å²) in [5.41, 5.74) is 1.41. The molecule has 2 aromatic carbocycles. The van der Waals surface area contributed by atoms with Gasteiger partial charge in [0.25, 0.3) is 0 Å². The van der Waals surface area contributed by atoms with Gasteiger partial charge in [0, 0.05) is 6.08 Å². The summed E-state index contributed by atoms with van der Waals surface area (Å²) in [6.07, 6.45) is 1.13. The minimum absolute atomic E-state index is 0.434. The Kier molecular flexibility index (Phi) is 6.83. The quantitative estimate of drug-likeness (QED) is 0.462. The van der Waals surface area contributed by atoms with Gasteiger partial charge in [0.05, 0.1) is 0 Å². The third kappa shape index (κ3) is 6.01. The largest absolute Gasteiger partial charge is 0.423 e. The Balaban J connectivity index is 0.000000204. The first-order valence-electron chi connectivity index (χ1n) is 6.57. The predicted molar refractivity (Wildman–Crippen MR) is 82.8 cm³/mol. The molecule has 2 rings (SSSR count). The Morgan fingerprint density at radius 2 is 1.50 bits per heavy atom. The number of esters is 1. The van der Waals surface area contributed by atoms with Crippen LogP contribution in [0.2, 0.25) is 0 Å². The topological polar surface area (TPSA) is 26.3 Å². The fourth-order valence-corrected chi connectivity index (χ4v) is 1.48. The molecule has 0 aliphatic carbocycles. The molecule has 0 bridgehead atoms. The van der Waals surface area contributed by atoms with Crippen LogP contribution in [0.4, 0.5) is 0 Å². The van der Waals surface area contributed by atoms with Crippen LogP contribution in [0.3, 0.4) is 0 Å². The van der Waals surface area contributed by atoms with Crippen LogP contribution < -0.4 is 4.74 Å². The van der Waals surface area contributed by atoms with E-state index in [0.717, 1.165) is 6.08 Å². The number of benzene rings is 2. The molecule has 0 atom stereocenters. The molecule has 0 radical (unpaired) electrons. The lowest BCUT2D eigenvalue weighted by Crippen LogP contribution is -2.02. The molecule has 0 amide bonds. The predicted octanol–water partition coefficient (Wildman–Crippen LogP) is 4.59. The SMILES string of the molecule is C=CC(=O)Oc1ccccc1.CC(C)c1ccccc1. The van der Waals surface area contributed by atoms with Crippen molar-refractivity contribution in [2.75, 3.05) is 0 Å². The second kappa shape index (κ2) is 8.70. The van der Waals surface area contributed by atoms with Crippen LogP contribution in [0.15, 0.2) is 73.3 Å². The van der Waals surface area contributed by atoms with Crippen molar-refractivity contribution in [3.05, 3.63) is 78.9 Å². The van der Waals surface area contributed by atoms with Gasteiger partial charge in [-0.3, -0.25) is 0 Å². The monoisotopic (exact) mass is 268 g/mol. The fourth-order valence-electron chi connectivity index (χ4n) is 1.48. The number of para-hydroxylation sites is 1. The number of ether oxygens (including phenoxy) is 1. The van der Waals surface area contributed by atoms with Crippen LogP contribution >= 0.6 is 0 Å². The first-order chi connectivity index (χ1) is 9.63. The molecule has 2 heteroatoms. The Morgan fingerprint density at radius 1 is 1.00 bits per heavy atom. The molecule has 0 aliphatic rings. The van der Waals surface area contributed by atoms with Crippen molar-refractivity contribution in [2.45, 2.75) is 19.8 Å². The molecular formula is C18H20O2. The minimum Gasteiger partial charge on any atom is -0.423 e. The zero-order valence-corrected chi connectivity index (χ0v) is 12.0. The summed E-state index contributed by atoms with van der Waals surface area (Å²) in [5.74, 6) is 0.764. The molecule has 20 heavy (non-hydrogen) atoms. The van der Waals surface area contributed by atoms with Gasteiger partial charge in [-0.2, -0.15) is 0 Å². The van der Waals surface area contributed by atoms with E-state index in [-0.39, 0.29) is 0 Å². The molecule has 2 nitrogen and oxygen atoms in total. The highest BCUT2D eigenvalue weighted by Gasteiger charge is 1.95. The van der Waals surface area contributed by atoms with Gasteiger partial charge in [-0.15, -0.1) is 0 Å². The van der Waals surface area contributed by atoms with E-state index in [1.807, 2.05) is 12.1 Å². The lowest BCUT2D eigenvalue weighted by Gasteiger charge is -2.01. The number of carbonyl (C=O) groups is 1.